The van der Waals surface area contributed by atoms with Crippen molar-refractivity contribution in [3.63, 3.8) is 0 Å². The molecule has 8 rings (SSSR count). The molecular weight excluding hydrogens is 741 g/mol. The normalized spacial score (nSPS) is 20.7. The summed E-state index contributed by atoms with van der Waals surface area (Å²) >= 11 is 0. The number of benzene rings is 3. The molecule has 0 bridgehead atoms. The van der Waals surface area contributed by atoms with E-state index in [1.165, 1.54) is 4.57 Å². The van der Waals surface area contributed by atoms with Gasteiger partial charge in [-0.2, -0.15) is 9.49 Å². The van der Waals surface area contributed by atoms with Gasteiger partial charge < -0.3 is 15.3 Å². The number of nitrogens with one attached hydrogen (secondary N) is 2. The molecule has 1 aliphatic carbocycles. The predicted molar refractivity (Wildman–Crippen MR) is 207 cm³/mol. The van der Waals surface area contributed by atoms with Gasteiger partial charge in [0, 0.05) is 63.5 Å². The molecule has 300 valence electrons. The Hall–Kier alpha value is -5.64. The highest BCUT2D eigenvalue weighted by Gasteiger charge is 2.32. The molecule has 16 heteroatoms. The third-order valence-electron chi connectivity index (χ3n) is 12.0. The van der Waals surface area contributed by atoms with E-state index in [1.54, 1.807) is 11.6 Å². The van der Waals surface area contributed by atoms with Gasteiger partial charge in [0.15, 0.2) is 17.4 Å². The molecule has 2 aliphatic heterocycles. The number of aromatic hydroxyl groups is 1. The molecular formula is C41H45F3N8O5. The fraction of sp³-hybridized carbons (Fsp3) is 0.439. The Morgan fingerprint density at radius 1 is 0.930 bits per heavy atom. The topological polar surface area (TPSA) is 147 Å². The number of phenols is 1. The number of aryl methyl sites for hydroxylation is 2. The van der Waals surface area contributed by atoms with E-state index in [0.717, 1.165) is 98.9 Å². The van der Waals surface area contributed by atoms with Crippen LogP contribution in [0.2, 0.25) is 0 Å². The first-order valence-electron chi connectivity index (χ1n) is 19.6. The number of hydrogen-bond donors (Lipinski definition) is 3. The summed E-state index contributed by atoms with van der Waals surface area (Å²) < 4.78 is 46.7. The monoisotopic (exact) mass is 786 g/mol. The molecule has 2 saturated heterocycles. The Labute approximate surface area is 326 Å². The fourth-order valence-corrected chi connectivity index (χ4v) is 8.63. The number of rotatable bonds is 10. The quantitative estimate of drug-likeness (QED) is 0.136. The number of piperidine rings is 1. The Bertz CT molecular complexity index is 2430. The van der Waals surface area contributed by atoms with Crippen molar-refractivity contribution in [3.8, 4) is 5.75 Å². The summed E-state index contributed by atoms with van der Waals surface area (Å²) in [6.07, 6.45) is 7.70. The van der Waals surface area contributed by atoms with Crippen molar-refractivity contribution >= 4 is 45.3 Å². The van der Waals surface area contributed by atoms with Gasteiger partial charge >= 0.3 is 5.69 Å². The number of carbonyl (C=O) groups is 3. The first kappa shape index (κ1) is 38.2. The van der Waals surface area contributed by atoms with Crippen molar-refractivity contribution in [1.29, 1.82) is 0 Å². The number of imide groups is 1. The summed E-state index contributed by atoms with van der Waals surface area (Å²) in [6, 6.07) is 12.4. The van der Waals surface area contributed by atoms with Crippen LogP contribution in [0.25, 0.3) is 21.9 Å². The van der Waals surface area contributed by atoms with Crippen molar-refractivity contribution in [3.05, 3.63) is 87.7 Å². The van der Waals surface area contributed by atoms with E-state index in [2.05, 4.69) is 44.8 Å². The third-order valence-corrected chi connectivity index (χ3v) is 12.0. The number of imidazole rings is 1. The number of carbonyl (C=O) groups excluding carboxylic acids is 3. The average Bonchev–Trinajstić information content (AvgIpc) is 3.75. The van der Waals surface area contributed by atoms with Crippen LogP contribution in [-0.4, -0.2) is 85.9 Å². The summed E-state index contributed by atoms with van der Waals surface area (Å²) in [5.74, 6) is -7.74. The van der Waals surface area contributed by atoms with Crippen LogP contribution in [0.1, 0.15) is 73.0 Å². The lowest BCUT2D eigenvalue weighted by molar-refractivity contribution is -0.135. The van der Waals surface area contributed by atoms with Gasteiger partial charge in [-0.15, -0.1) is 0 Å². The summed E-state index contributed by atoms with van der Waals surface area (Å²) in [6.45, 7) is 4.89. The number of halogens is 3. The summed E-state index contributed by atoms with van der Waals surface area (Å²) in [5.41, 5.74) is 3.63. The van der Waals surface area contributed by atoms with Gasteiger partial charge in [0.05, 0.1) is 28.2 Å². The molecule has 3 fully saturated rings. The first-order valence-corrected chi connectivity index (χ1v) is 19.6. The van der Waals surface area contributed by atoms with Crippen LogP contribution in [-0.2, 0) is 23.1 Å². The Kier molecular flexibility index (Phi) is 10.5. The van der Waals surface area contributed by atoms with Crippen molar-refractivity contribution < 1.29 is 32.7 Å². The summed E-state index contributed by atoms with van der Waals surface area (Å²) in [7, 11) is 1.71. The smallest absolute Gasteiger partial charge is 0.329 e. The molecule has 0 spiro atoms. The number of nitrogens with zero attached hydrogens (tertiary/aromatic N) is 6. The molecule has 1 atom stereocenters. The van der Waals surface area contributed by atoms with E-state index >= 15 is 0 Å². The van der Waals surface area contributed by atoms with Gasteiger partial charge in [-0.3, -0.25) is 38.4 Å². The molecule has 0 radical (unpaired) electrons. The van der Waals surface area contributed by atoms with Crippen molar-refractivity contribution in [1.82, 2.24) is 34.4 Å². The molecule has 5 aromatic rings. The second kappa shape index (κ2) is 15.7. The minimum Gasteiger partial charge on any atom is -0.503 e. The molecule has 2 aromatic heterocycles. The number of piperazine rings is 1. The zero-order valence-electron chi connectivity index (χ0n) is 31.6. The van der Waals surface area contributed by atoms with Crippen LogP contribution < -0.4 is 21.2 Å². The maximum absolute atomic E-state index is 14.1. The largest absolute Gasteiger partial charge is 0.503 e. The highest BCUT2D eigenvalue weighted by Crippen LogP contribution is 2.34. The lowest BCUT2D eigenvalue weighted by Gasteiger charge is -2.36. The second-order valence-corrected chi connectivity index (χ2v) is 15.6. The van der Waals surface area contributed by atoms with Crippen molar-refractivity contribution in [2.45, 2.75) is 63.5 Å². The number of anilines is 1. The third kappa shape index (κ3) is 7.62. The van der Waals surface area contributed by atoms with E-state index in [0.29, 0.717) is 18.0 Å². The maximum atomic E-state index is 14.1. The van der Waals surface area contributed by atoms with Crippen LogP contribution in [0.4, 0.5) is 18.9 Å². The van der Waals surface area contributed by atoms with Crippen LogP contribution in [0.15, 0.2) is 53.5 Å². The van der Waals surface area contributed by atoms with Gasteiger partial charge in [0.25, 0.3) is 5.91 Å². The van der Waals surface area contributed by atoms with E-state index in [9.17, 15) is 37.5 Å². The van der Waals surface area contributed by atoms with Crippen molar-refractivity contribution in [2.24, 2.45) is 13.0 Å². The Balaban J connectivity index is 0.800. The summed E-state index contributed by atoms with van der Waals surface area (Å²) in [5, 5.41) is 20.2. The second-order valence-electron chi connectivity index (χ2n) is 15.6. The van der Waals surface area contributed by atoms with E-state index in [1.807, 2.05) is 22.9 Å². The van der Waals surface area contributed by atoms with E-state index in [-0.39, 0.29) is 36.5 Å². The average molecular weight is 787 g/mol. The maximum Gasteiger partial charge on any atom is 0.329 e. The van der Waals surface area contributed by atoms with E-state index in [4.69, 9.17) is 5.10 Å². The molecule has 57 heavy (non-hydrogen) atoms. The molecule has 3 aromatic carbocycles. The number of hydrogen-bond acceptors (Lipinski definition) is 8. The van der Waals surface area contributed by atoms with Gasteiger partial charge in [0.1, 0.15) is 6.04 Å². The van der Waals surface area contributed by atoms with Crippen LogP contribution in [0.3, 0.4) is 0 Å². The molecule has 3 aliphatic rings. The SMILES string of the molecule is Cn1c(=O)n(C2CCC(=O)NC2=O)c2ccc(CCCN3CCN(c4ccc5cn([C@H]6CC[C@H](CNC(=O)c7cc(F)c(O)c(F)c7F)CC6)nc5c4)CC3)cc21. The minimum absolute atomic E-state index is 0.128. The molecule has 1 unspecified atom stereocenters. The fourth-order valence-electron chi connectivity index (χ4n) is 8.63. The lowest BCUT2D eigenvalue weighted by Crippen LogP contribution is -2.46. The standard InChI is InChI=1S/C41H45F3N8O5/c1-48-34-19-24(6-11-32(34)52(41(48)57)33-12-13-35(53)46-40(33)56)3-2-14-49-15-17-50(18-16-49)28-10-7-26-23-51(47-31(26)20-28)27-8-4-25(5-9-27)22-45-39(55)29-21-30(42)38(54)37(44)36(29)43/h6-7,10-11,19-21,23,25,27,33,54H,2-5,8-9,12-18,22H2,1H3,(H,45,55)(H,46,53,56)/t25-,27-,33?. The molecule has 3 N–H and O–H groups in total. The zero-order chi connectivity index (χ0) is 40.0. The number of aromatic nitrogens is 4. The van der Waals surface area contributed by atoms with Crippen molar-refractivity contribution in [2.75, 3.05) is 44.2 Å². The minimum atomic E-state index is -1.78. The lowest BCUT2D eigenvalue weighted by atomic mass is 9.86. The van der Waals surface area contributed by atoms with Crippen LogP contribution in [0.5, 0.6) is 5.75 Å². The number of phenolic OH excluding ortho intramolecular Hbond substituents is 1. The van der Waals surface area contributed by atoms with Gasteiger partial charge in [-0.1, -0.05) is 6.07 Å². The summed E-state index contributed by atoms with van der Waals surface area (Å²) in [4.78, 5) is 54.6. The predicted octanol–water partition coefficient (Wildman–Crippen LogP) is 4.71. The Morgan fingerprint density at radius 3 is 2.46 bits per heavy atom. The first-order chi connectivity index (χ1) is 27.4. The zero-order valence-corrected chi connectivity index (χ0v) is 31.6. The Morgan fingerprint density at radius 2 is 1.70 bits per heavy atom. The number of amides is 3. The van der Waals surface area contributed by atoms with E-state index < -0.39 is 46.6 Å². The highest BCUT2D eigenvalue weighted by atomic mass is 19.2. The van der Waals surface area contributed by atoms with Crippen LogP contribution >= 0.6 is 0 Å². The highest BCUT2D eigenvalue weighted by molar-refractivity contribution is 6.00. The number of fused-ring (bicyclic) bond motifs is 2. The molecule has 3 amide bonds. The van der Waals surface area contributed by atoms with Gasteiger partial charge in [-0.05, 0) is 99.4 Å². The molecule has 1 saturated carbocycles. The van der Waals surface area contributed by atoms with Gasteiger partial charge in [-0.25, -0.2) is 13.6 Å². The van der Waals surface area contributed by atoms with Gasteiger partial charge in [0.2, 0.25) is 17.6 Å². The van der Waals surface area contributed by atoms with Crippen LogP contribution in [0, 0.1) is 23.4 Å². The molecule has 13 nitrogen and oxygen atoms in total. The molecule has 4 heterocycles.